The molecule has 3 rings (SSSR count). The molecule has 0 heterocycles. The second-order valence-electron chi connectivity index (χ2n) is 8.79. The fourth-order valence-electron chi connectivity index (χ4n) is 4.22. The van der Waals surface area contributed by atoms with Gasteiger partial charge < -0.3 is 21.1 Å². The van der Waals surface area contributed by atoms with Crippen molar-refractivity contribution >= 4 is 17.5 Å². The van der Waals surface area contributed by atoms with Crippen LogP contribution in [0.1, 0.15) is 49.7 Å². The summed E-state index contributed by atoms with van der Waals surface area (Å²) in [5.41, 5.74) is 6.68. The second-order valence-corrected chi connectivity index (χ2v) is 8.79. The topological polar surface area (TPSA) is 93.4 Å². The highest BCUT2D eigenvalue weighted by atomic mass is 19.4. The van der Waals surface area contributed by atoms with Crippen LogP contribution in [0.5, 0.6) is 0 Å². The molecule has 1 aromatic carbocycles. The molecule has 0 bridgehead atoms. The Hall–Kier alpha value is -2.20. The third-order valence-corrected chi connectivity index (χ3v) is 6.16. The molecule has 0 radical (unpaired) electrons. The van der Waals surface area contributed by atoms with Crippen LogP contribution in [-0.2, 0) is 20.9 Å². The van der Waals surface area contributed by atoms with Crippen molar-refractivity contribution < 1.29 is 31.9 Å². The molecule has 2 saturated carbocycles. The monoisotopic (exact) mass is 459 g/mol. The van der Waals surface area contributed by atoms with Crippen LogP contribution in [0.25, 0.3) is 0 Å². The number of hydrogen-bond donors (Lipinski definition) is 3. The highest BCUT2D eigenvalue weighted by Crippen LogP contribution is 2.50. The Morgan fingerprint density at radius 1 is 1.16 bits per heavy atom. The molecule has 2 amide bonds. The third kappa shape index (κ3) is 6.19. The zero-order valence-electron chi connectivity index (χ0n) is 18.1. The first kappa shape index (κ1) is 24.4. The van der Waals surface area contributed by atoms with Crippen LogP contribution in [0.2, 0.25) is 0 Å². The number of benzene rings is 1. The lowest BCUT2D eigenvalue weighted by Gasteiger charge is -2.24. The Labute approximate surface area is 184 Å². The average molecular weight is 459 g/mol. The van der Waals surface area contributed by atoms with E-state index < -0.39 is 42.3 Å². The summed E-state index contributed by atoms with van der Waals surface area (Å²) in [6, 6.07) is 1.65. The van der Waals surface area contributed by atoms with Gasteiger partial charge in [-0.1, -0.05) is 0 Å². The van der Waals surface area contributed by atoms with Gasteiger partial charge in [0.15, 0.2) is 0 Å². The van der Waals surface area contributed by atoms with Gasteiger partial charge in [0, 0.05) is 7.11 Å². The van der Waals surface area contributed by atoms with Gasteiger partial charge in [0.05, 0.1) is 24.3 Å². The second kappa shape index (κ2) is 9.74. The maximum Gasteiger partial charge on any atom is 0.405 e. The summed E-state index contributed by atoms with van der Waals surface area (Å²) in [7, 11) is 1.39. The number of nitrogens with two attached hydrogens (primary N) is 1. The minimum absolute atomic E-state index is 0.0196. The number of nitrogens with one attached hydrogen (secondary N) is 2. The Morgan fingerprint density at radius 3 is 2.25 bits per heavy atom. The number of hydrogen-bond acceptors (Lipinski definition) is 4. The third-order valence-electron chi connectivity index (χ3n) is 6.16. The Morgan fingerprint density at radius 2 is 1.75 bits per heavy atom. The molecule has 2 aliphatic carbocycles. The molecule has 2 aliphatic rings. The van der Waals surface area contributed by atoms with Crippen LogP contribution in [0.3, 0.4) is 0 Å². The molecule has 2 unspecified atom stereocenters. The molecule has 10 heteroatoms. The Bertz CT molecular complexity index is 842. The van der Waals surface area contributed by atoms with E-state index >= 15 is 0 Å². The highest BCUT2D eigenvalue weighted by molar-refractivity contribution is 5.95. The van der Waals surface area contributed by atoms with Crippen molar-refractivity contribution in [1.29, 1.82) is 0 Å². The van der Waals surface area contributed by atoms with Gasteiger partial charge in [-0.2, -0.15) is 13.2 Å². The van der Waals surface area contributed by atoms with Gasteiger partial charge in [-0.05, 0) is 73.6 Å². The minimum Gasteiger partial charge on any atom is -0.380 e. The molecular formula is C22H29F4N3O3. The maximum atomic E-state index is 14.8. The number of carbonyl (C=O) groups excluding carboxylic acids is 2. The number of rotatable bonds is 10. The molecule has 4 N–H and O–H groups in total. The molecule has 178 valence electrons. The van der Waals surface area contributed by atoms with Crippen molar-refractivity contribution in [2.75, 3.05) is 19.0 Å². The molecule has 0 saturated heterocycles. The van der Waals surface area contributed by atoms with E-state index in [1.54, 1.807) is 5.32 Å². The smallest absolute Gasteiger partial charge is 0.380 e. The largest absolute Gasteiger partial charge is 0.405 e. The maximum absolute atomic E-state index is 14.8. The van der Waals surface area contributed by atoms with Crippen molar-refractivity contribution in [3.8, 4) is 0 Å². The summed E-state index contributed by atoms with van der Waals surface area (Å²) in [6.07, 6.45) is -0.342. The van der Waals surface area contributed by atoms with Gasteiger partial charge >= 0.3 is 6.18 Å². The predicted molar refractivity (Wildman–Crippen MR) is 110 cm³/mol. The molecule has 6 nitrogen and oxygen atoms in total. The standard InChI is InChI=1S/C22H29F4N3O3/c1-11(20(30)28-10-22(24,25)26)15-8-16(23)17(7-14(15)9-32-2)29-21(31)19(27)18(12-3-4-12)13-5-6-13/h7-8,11-13,18-19H,3-6,9-10,27H2,1-2H3,(H,28,30)(H,29,31). The Kier molecular flexibility index (Phi) is 7.44. The molecule has 0 aliphatic heterocycles. The molecule has 0 spiro atoms. The van der Waals surface area contributed by atoms with E-state index in [1.807, 2.05) is 0 Å². The molecule has 2 fully saturated rings. The van der Waals surface area contributed by atoms with E-state index in [0.29, 0.717) is 17.4 Å². The fraction of sp³-hybridized carbons (Fsp3) is 0.636. The van der Waals surface area contributed by atoms with E-state index in [0.717, 1.165) is 31.7 Å². The summed E-state index contributed by atoms with van der Waals surface area (Å²) in [6.45, 7) is -0.120. The lowest BCUT2D eigenvalue weighted by molar-refractivity contribution is -0.139. The van der Waals surface area contributed by atoms with Gasteiger partial charge in [-0.15, -0.1) is 0 Å². The first-order valence-corrected chi connectivity index (χ1v) is 10.7. The first-order chi connectivity index (χ1) is 15.0. The summed E-state index contributed by atoms with van der Waals surface area (Å²) in [5, 5.41) is 4.35. The summed E-state index contributed by atoms with van der Waals surface area (Å²) < 4.78 is 57.1. The van der Waals surface area contributed by atoms with Crippen molar-refractivity contribution in [2.45, 2.75) is 57.3 Å². The lowest BCUT2D eigenvalue weighted by Crippen LogP contribution is -2.44. The number of alkyl halides is 3. The molecular weight excluding hydrogens is 430 g/mol. The predicted octanol–water partition coefficient (Wildman–Crippen LogP) is 3.46. The highest BCUT2D eigenvalue weighted by Gasteiger charge is 2.46. The molecule has 2 atom stereocenters. The number of amides is 2. The number of ether oxygens (including phenoxy) is 1. The Balaban J connectivity index is 1.75. The molecule has 0 aromatic heterocycles. The SMILES string of the molecule is COCc1cc(NC(=O)C(N)C(C2CC2)C2CC2)c(F)cc1C(C)C(=O)NCC(F)(F)F. The number of anilines is 1. The molecule has 1 aromatic rings. The van der Waals surface area contributed by atoms with E-state index in [-0.39, 0.29) is 23.8 Å². The van der Waals surface area contributed by atoms with Crippen LogP contribution >= 0.6 is 0 Å². The summed E-state index contributed by atoms with van der Waals surface area (Å²) in [4.78, 5) is 24.9. The number of carbonyl (C=O) groups is 2. The number of halogens is 4. The quantitative estimate of drug-likeness (QED) is 0.467. The van der Waals surface area contributed by atoms with E-state index in [1.165, 1.54) is 20.1 Å². The van der Waals surface area contributed by atoms with Gasteiger partial charge in [0.25, 0.3) is 0 Å². The zero-order valence-corrected chi connectivity index (χ0v) is 18.1. The van der Waals surface area contributed by atoms with E-state index in [2.05, 4.69) is 5.32 Å². The fourth-order valence-corrected chi connectivity index (χ4v) is 4.22. The zero-order chi connectivity index (χ0) is 23.6. The van der Waals surface area contributed by atoms with Gasteiger partial charge in [0.1, 0.15) is 12.4 Å². The van der Waals surface area contributed by atoms with Crippen LogP contribution in [-0.4, -0.2) is 37.7 Å². The van der Waals surface area contributed by atoms with Crippen LogP contribution in [0.15, 0.2) is 12.1 Å². The first-order valence-electron chi connectivity index (χ1n) is 10.7. The van der Waals surface area contributed by atoms with Gasteiger partial charge in [-0.25, -0.2) is 4.39 Å². The van der Waals surface area contributed by atoms with Crippen molar-refractivity contribution in [3.05, 3.63) is 29.1 Å². The average Bonchev–Trinajstić information content (AvgIpc) is 3.62. The van der Waals surface area contributed by atoms with Gasteiger partial charge in [-0.3, -0.25) is 9.59 Å². The van der Waals surface area contributed by atoms with Crippen LogP contribution in [0, 0.1) is 23.6 Å². The van der Waals surface area contributed by atoms with Crippen LogP contribution in [0.4, 0.5) is 23.2 Å². The summed E-state index contributed by atoms with van der Waals surface area (Å²) in [5.74, 6) is -2.25. The van der Waals surface area contributed by atoms with E-state index in [4.69, 9.17) is 10.5 Å². The normalized spacial score (nSPS) is 18.4. The van der Waals surface area contributed by atoms with Crippen molar-refractivity contribution in [1.82, 2.24) is 5.32 Å². The van der Waals surface area contributed by atoms with Crippen molar-refractivity contribution in [3.63, 3.8) is 0 Å². The molecule has 32 heavy (non-hydrogen) atoms. The van der Waals surface area contributed by atoms with Gasteiger partial charge in [0.2, 0.25) is 11.8 Å². The van der Waals surface area contributed by atoms with Crippen molar-refractivity contribution in [2.24, 2.45) is 23.5 Å². The summed E-state index contributed by atoms with van der Waals surface area (Å²) >= 11 is 0. The minimum atomic E-state index is -4.55. The van der Waals surface area contributed by atoms with E-state index in [9.17, 15) is 27.2 Å². The number of methoxy groups -OCH3 is 1. The lowest BCUT2D eigenvalue weighted by atomic mass is 9.89. The van der Waals surface area contributed by atoms with Crippen LogP contribution < -0.4 is 16.4 Å².